The van der Waals surface area contributed by atoms with E-state index in [4.69, 9.17) is 31.8 Å². The van der Waals surface area contributed by atoms with Gasteiger partial charge in [-0.1, -0.05) is 37.3 Å². The van der Waals surface area contributed by atoms with Crippen molar-refractivity contribution in [3.63, 3.8) is 0 Å². The summed E-state index contributed by atoms with van der Waals surface area (Å²) < 4.78 is 15.5. The van der Waals surface area contributed by atoms with Crippen molar-refractivity contribution in [3.05, 3.63) is 91.1 Å². The predicted molar refractivity (Wildman–Crippen MR) is 302 cm³/mol. The Morgan fingerprint density at radius 2 is 1.03 bits per heavy atom. The number of aromatic nitrogens is 10. The minimum atomic E-state index is -0.487. The van der Waals surface area contributed by atoms with Crippen LogP contribution in [0.15, 0.2) is 86.0 Å². The predicted octanol–water partition coefficient (Wildman–Crippen LogP) is 10.8. The van der Waals surface area contributed by atoms with Gasteiger partial charge in [-0.25, -0.2) is 29.5 Å². The Morgan fingerprint density at radius 3 is 1.48 bits per heavy atom. The molecule has 4 aliphatic rings. The van der Waals surface area contributed by atoms with Crippen LogP contribution < -0.4 is 20.9 Å². The minimum Gasteiger partial charge on any atom is -0.444 e. The molecule has 0 aromatic carbocycles. The van der Waals surface area contributed by atoms with E-state index in [1.807, 2.05) is 115 Å². The molecule has 20 nitrogen and oxygen atoms in total. The molecule has 0 bridgehead atoms. The van der Waals surface area contributed by atoms with Crippen LogP contribution in [0.1, 0.15) is 105 Å². The Hall–Kier alpha value is -7.61. The van der Waals surface area contributed by atoms with Gasteiger partial charge in [-0.2, -0.15) is 9.97 Å². The van der Waals surface area contributed by atoms with E-state index in [1.165, 1.54) is 38.5 Å². The molecule has 404 valence electrons. The number of anilines is 5. The van der Waals surface area contributed by atoms with Gasteiger partial charge in [-0.15, -0.1) is 0 Å². The first-order valence-corrected chi connectivity index (χ1v) is 27.2. The number of nitrogens with two attached hydrogens (primary N) is 1. The summed E-state index contributed by atoms with van der Waals surface area (Å²) in [5.41, 5.74) is 11.0. The normalized spacial score (nSPS) is 16.7. The van der Waals surface area contributed by atoms with Crippen molar-refractivity contribution in [3.8, 4) is 0 Å². The molecule has 0 atom stereocenters. The Kier molecular flexibility index (Phi) is 15.5. The third-order valence-corrected chi connectivity index (χ3v) is 14.6. The van der Waals surface area contributed by atoms with Gasteiger partial charge in [0, 0.05) is 111 Å². The van der Waals surface area contributed by atoms with Gasteiger partial charge in [-0.05, 0) is 104 Å². The highest BCUT2D eigenvalue weighted by molar-refractivity contribution is 6.29. The molecule has 2 aliphatic heterocycles. The Morgan fingerprint density at radius 1 is 0.558 bits per heavy atom. The van der Waals surface area contributed by atoms with Gasteiger partial charge in [0.1, 0.15) is 33.5 Å². The Bertz CT molecular complexity index is 3330. The molecule has 0 spiro atoms. The first kappa shape index (κ1) is 52.8. The van der Waals surface area contributed by atoms with E-state index in [-0.39, 0.29) is 12.2 Å². The Labute approximate surface area is 453 Å². The first-order valence-electron chi connectivity index (χ1n) is 26.8. The van der Waals surface area contributed by atoms with Crippen molar-refractivity contribution >= 4 is 96.7 Å². The molecule has 2 amide bonds. The standard InChI is InChI=1S/C28H34N8O2.C14H20ClN3O2.C14H15N5/c1-28(2,3)38-27(37)35-14-12-34(13-15-35)20-8-9-24(30-16-20)32-26-31-17-22-21-10-11-29-18-23(21)36(25(22)33-26)19-6-4-5-7-19;1-14(2,3)20-13(19)18-8-6-17(7-9-18)11-4-5-12(15)16-10-11;15-14-17-7-11-10-5-6-16-8-12(10)19(13(11)18-14)9-3-1-2-4-9/h8-11,16-19H,4-7,12-15H2,1-3H3,(H,30,31,32,33);4-5,10H,6-9H2,1-3H3;5-9H,1-4H2,(H2,15,17,18). The highest BCUT2D eigenvalue weighted by Crippen LogP contribution is 2.39. The van der Waals surface area contributed by atoms with Gasteiger partial charge < -0.3 is 49.3 Å². The topological polar surface area (TPSA) is 217 Å². The van der Waals surface area contributed by atoms with Crippen molar-refractivity contribution in [2.75, 3.05) is 73.2 Å². The molecule has 0 unspecified atom stereocenters. The lowest BCUT2D eigenvalue weighted by atomic mass is 10.2. The molecule has 3 N–H and O–H groups in total. The number of carbonyl (C=O) groups excluding carboxylic acids is 2. The fraction of sp³-hybridized carbons (Fsp3) is 0.464. The number of hydrogen-bond donors (Lipinski definition) is 2. The summed E-state index contributed by atoms with van der Waals surface area (Å²) in [5.74, 6) is 1.55. The summed E-state index contributed by atoms with van der Waals surface area (Å²) >= 11 is 5.78. The third-order valence-electron chi connectivity index (χ3n) is 14.4. The molecular formula is C56H69ClN16O4. The van der Waals surface area contributed by atoms with Crippen LogP contribution in [-0.2, 0) is 9.47 Å². The average Bonchev–Trinajstić information content (AvgIpc) is 4.42. The second kappa shape index (κ2) is 22.5. The van der Waals surface area contributed by atoms with E-state index in [0.717, 1.165) is 94.3 Å². The number of rotatable bonds is 6. The number of carbonyl (C=O) groups is 2. The van der Waals surface area contributed by atoms with Crippen LogP contribution in [0, 0.1) is 0 Å². The van der Waals surface area contributed by atoms with E-state index in [9.17, 15) is 9.59 Å². The van der Waals surface area contributed by atoms with E-state index in [0.29, 0.717) is 61.1 Å². The molecule has 4 fully saturated rings. The number of piperazine rings is 2. The highest BCUT2D eigenvalue weighted by Gasteiger charge is 2.29. The first-order chi connectivity index (χ1) is 37.0. The van der Waals surface area contributed by atoms with Crippen LogP contribution in [0.25, 0.3) is 43.9 Å². The second-order valence-corrected chi connectivity index (χ2v) is 22.5. The van der Waals surface area contributed by atoms with Gasteiger partial charge in [-0.3, -0.25) is 9.97 Å². The Balaban J connectivity index is 0.000000145. The number of hydrogen-bond acceptors (Lipinski definition) is 16. The lowest BCUT2D eigenvalue weighted by molar-refractivity contribution is 0.0230. The van der Waals surface area contributed by atoms with E-state index >= 15 is 0 Å². The number of amides is 2. The van der Waals surface area contributed by atoms with Crippen LogP contribution in [0.3, 0.4) is 0 Å². The van der Waals surface area contributed by atoms with Crippen molar-refractivity contribution in [2.45, 2.75) is 116 Å². The van der Waals surface area contributed by atoms with E-state index in [2.05, 4.69) is 59.1 Å². The molecule has 2 aliphatic carbocycles. The van der Waals surface area contributed by atoms with Gasteiger partial charge in [0.25, 0.3) is 0 Å². The number of nitrogens with one attached hydrogen (secondary N) is 1. The molecule has 10 heterocycles. The minimum absolute atomic E-state index is 0.244. The summed E-state index contributed by atoms with van der Waals surface area (Å²) in [6.07, 6.45) is 24.1. The van der Waals surface area contributed by atoms with Gasteiger partial charge >= 0.3 is 12.2 Å². The molecule has 2 saturated heterocycles. The SMILES string of the molecule is CC(C)(C)OC(=O)N1CCN(c2ccc(Cl)nc2)CC1.CC(C)(C)OC(=O)N1CCN(c2ccc(Nc3ncc4c5ccncc5n(C5CCCC5)c4n3)nc2)CC1.Nc1ncc2c3ccncc3n(C3CCCC3)c2n1. The van der Waals surface area contributed by atoms with Crippen LogP contribution in [0.5, 0.6) is 0 Å². The number of nitrogens with zero attached hydrogens (tertiary/aromatic N) is 14. The van der Waals surface area contributed by atoms with Crippen molar-refractivity contribution in [1.82, 2.24) is 58.8 Å². The summed E-state index contributed by atoms with van der Waals surface area (Å²) in [7, 11) is 0. The zero-order valence-electron chi connectivity index (χ0n) is 44.9. The zero-order chi connectivity index (χ0) is 53.8. The summed E-state index contributed by atoms with van der Waals surface area (Å²) in [4.78, 5) is 67.7. The molecule has 12 rings (SSSR count). The maximum atomic E-state index is 12.4. The molecule has 21 heteroatoms. The monoisotopic (exact) mass is 1060 g/mol. The molecule has 8 aromatic heterocycles. The molecule has 8 aromatic rings. The zero-order valence-corrected chi connectivity index (χ0v) is 45.7. The number of pyridine rings is 4. The smallest absolute Gasteiger partial charge is 0.410 e. The molecule has 0 radical (unpaired) electrons. The largest absolute Gasteiger partial charge is 0.444 e. The summed E-state index contributed by atoms with van der Waals surface area (Å²) in [6, 6.07) is 12.7. The average molecular weight is 1070 g/mol. The number of nitrogen functional groups attached to an aromatic ring is 1. The number of ether oxygens (including phenoxy) is 2. The lowest BCUT2D eigenvalue weighted by Crippen LogP contribution is -2.50. The van der Waals surface area contributed by atoms with Crippen molar-refractivity contribution in [1.29, 1.82) is 0 Å². The molecule has 2 saturated carbocycles. The van der Waals surface area contributed by atoms with Crippen LogP contribution >= 0.6 is 11.6 Å². The quantitative estimate of drug-likeness (QED) is 0.148. The number of halogens is 1. The van der Waals surface area contributed by atoms with Crippen molar-refractivity contribution in [2.24, 2.45) is 0 Å². The van der Waals surface area contributed by atoms with Gasteiger partial charge in [0.2, 0.25) is 11.9 Å². The van der Waals surface area contributed by atoms with Crippen LogP contribution in [0.4, 0.5) is 38.7 Å². The van der Waals surface area contributed by atoms with Gasteiger partial charge in [0.15, 0.2) is 0 Å². The fourth-order valence-corrected chi connectivity index (χ4v) is 10.8. The fourth-order valence-electron chi connectivity index (χ4n) is 10.7. The highest BCUT2D eigenvalue weighted by atomic mass is 35.5. The van der Waals surface area contributed by atoms with Crippen molar-refractivity contribution < 1.29 is 19.1 Å². The summed E-state index contributed by atoms with van der Waals surface area (Å²) in [5, 5.41) is 8.19. The maximum absolute atomic E-state index is 12.4. The van der Waals surface area contributed by atoms with Crippen LogP contribution in [0.2, 0.25) is 5.15 Å². The molecule has 77 heavy (non-hydrogen) atoms. The van der Waals surface area contributed by atoms with E-state index in [1.54, 1.807) is 22.1 Å². The number of fused-ring (bicyclic) bond motifs is 6. The molecular weight excluding hydrogens is 996 g/mol. The maximum Gasteiger partial charge on any atom is 0.410 e. The second-order valence-electron chi connectivity index (χ2n) is 22.1. The van der Waals surface area contributed by atoms with E-state index < -0.39 is 11.2 Å². The third kappa shape index (κ3) is 12.3. The lowest BCUT2D eigenvalue weighted by Gasteiger charge is -2.36. The van der Waals surface area contributed by atoms with Gasteiger partial charge in [0.05, 0.1) is 47.2 Å². The van der Waals surface area contributed by atoms with Crippen LogP contribution in [-0.4, -0.2) is 135 Å². The summed E-state index contributed by atoms with van der Waals surface area (Å²) in [6.45, 7) is 16.8.